The molecule has 2 aromatic rings. The summed E-state index contributed by atoms with van der Waals surface area (Å²) < 4.78 is 44.5. The maximum atomic E-state index is 12.6. The molecule has 1 aromatic carbocycles. The van der Waals surface area contributed by atoms with Gasteiger partial charge in [-0.3, -0.25) is 0 Å². The third-order valence-electron chi connectivity index (χ3n) is 2.65. The van der Waals surface area contributed by atoms with E-state index < -0.39 is 11.7 Å². The fourth-order valence-corrected chi connectivity index (χ4v) is 1.86. The van der Waals surface area contributed by atoms with Gasteiger partial charge in [-0.1, -0.05) is 6.92 Å². The van der Waals surface area contributed by atoms with Crippen LogP contribution in [0.3, 0.4) is 0 Å². The first kappa shape index (κ1) is 12.7. The summed E-state index contributed by atoms with van der Waals surface area (Å²) in [4.78, 5) is 0. The van der Waals surface area contributed by atoms with Crippen molar-refractivity contribution in [3.05, 3.63) is 23.8 Å². The van der Waals surface area contributed by atoms with Crippen LogP contribution in [-0.4, -0.2) is 16.9 Å². The Kier molecular flexibility index (Phi) is 3.19. The van der Waals surface area contributed by atoms with Gasteiger partial charge in [-0.15, -0.1) is 0 Å². The van der Waals surface area contributed by atoms with E-state index in [4.69, 9.17) is 4.74 Å². The minimum Gasteiger partial charge on any atom is -0.481 e. The van der Waals surface area contributed by atoms with Gasteiger partial charge >= 0.3 is 6.18 Å². The van der Waals surface area contributed by atoms with Crippen molar-refractivity contribution in [3.63, 3.8) is 0 Å². The van der Waals surface area contributed by atoms with E-state index in [9.17, 15) is 13.2 Å². The van der Waals surface area contributed by atoms with Gasteiger partial charge in [-0.2, -0.15) is 18.3 Å². The van der Waals surface area contributed by atoms with E-state index in [0.717, 1.165) is 18.6 Å². The van der Waals surface area contributed by atoms with Gasteiger partial charge in [0.1, 0.15) is 0 Å². The molecule has 2 rings (SSSR count). The number of aryl methyl sites for hydroxylation is 1. The number of halogens is 3. The lowest BCUT2D eigenvalue weighted by atomic mass is 10.1. The number of alkyl halides is 3. The molecule has 1 aromatic heterocycles. The summed E-state index contributed by atoms with van der Waals surface area (Å²) >= 11 is 0. The molecule has 1 heterocycles. The van der Waals surface area contributed by atoms with Crippen LogP contribution < -0.4 is 4.74 Å². The van der Waals surface area contributed by atoms with E-state index in [1.165, 1.54) is 13.2 Å². The zero-order chi connectivity index (χ0) is 13.3. The van der Waals surface area contributed by atoms with Gasteiger partial charge in [0, 0.05) is 6.54 Å². The number of hydrogen-bond donors (Lipinski definition) is 0. The van der Waals surface area contributed by atoms with Crippen LogP contribution in [0, 0.1) is 0 Å². The second kappa shape index (κ2) is 4.51. The first-order chi connectivity index (χ1) is 8.47. The van der Waals surface area contributed by atoms with Crippen molar-refractivity contribution >= 4 is 10.9 Å². The molecule has 3 nitrogen and oxygen atoms in total. The Bertz CT molecular complexity index is 560. The Balaban J connectivity index is 2.58. The first-order valence-electron chi connectivity index (χ1n) is 5.59. The maximum Gasteiger partial charge on any atom is 0.416 e. The van der Waals surface area contributed by atoms with Crippen molar-refractivity contribution in [1.29, 1.82) is 0 Å². The molecule has 0 saturated carbocycles. The summed E-state index contributed by atoms with van der Waals surface area (Å²) in [7, 11) is 1.49. The molecule has 0 radical (unpaired) electrons. The average molecular weight is 258 g/mol. The topological polar surface area (TPSA) is 27.1 Å². The number of aromatic nitrogens is 2. The molecule has 0 aliphatic rings. The normalized spacial score (nSPS) is 12.1. The van der Waals surface area contributed by atoms with Crippen LogP contribution in [0.5, 0.6) is 5.88 Å². The average Bonchev–Trinajstić information content (AvgIpc) is 2.64. The van der Waals surface area contributed by atoms with Crippen LogP contribution in [0.15, 0.2) is 18.2 Å². The van der Waals surface area contributed by atoms with Crippen LogP contribution in [0.1, 0.15) is 18.9 Å². The minimum absolute atomic E-state index is 0.301. The molecule has 6 heteroatoms. The van der Waals surface area contributed by atoms with E-state index in [2.05, 4.69) is 5.10 Å². The number of ether oxygens (including phenoxy) is 1. The predicted octanol–water partition coefficient (Wildman–Crippen LogP) is 3.47. The van der Waals surface area contributed by atoms with Gasteiger partial charge in [-0.25, -0.2) is 4.68 Å². The highest BCUT2D eigenvalue weighted by Crippen LogP contribution is 2.33. The Morgan fingerprint density at radius 1 is 1.33 bits per heavy atom. The van der Waals surface area contributed by atoms with E-state index in [1.54, 1.807) is 4.68 Å². The van der Waals surface area contributed by atoms with Gasteiger partial charge in [0.15, 0.2) is 0 Å². The van der Waals surface area contributed by atoms with Gasteiger partial charge < -0.3 is 4.74 Å². The van der Waals surface area contributed by atoms with Crippen molar-refractivity contribution in [2.24, 2.45) is 0 Å². The van der Waals surface area contributed by atoms with Crippen molar-refractivity contribution in [2.75, 3.05) is 7.11 Å². The summed E-state index contributed by atoms with van der Waals surface area (Å²) in [6.45, 7) is 2.58. The van der Waals surface area contributed by atoms with Gasteiger partial charge in [0.05, 0.1) is 23.6 Å². The molecule has 0 saturated heterocycles. The molecule has 18 heavy (non-hydrogen) atoms. The number of hydrogen-bond acceptors (Lipinski definition) is 2. The molecule has 98 valence electrons. The summed E-state index contributed by atoms with van der Waals surface area (Å²) in [6.07, 6.45) is -3.52. The molecule has 0 spiro atoms. The van der Waals surface area contributed by atoms with Crippen LogP contribution in [0.25, 0.3) is 10.9 Å². The number of benzene rings is 1. The zero-order valence-corrected chi connectivity index (χ0v) is 10.1. The van der Waals surface area contributed by atoms with Gasteiger partial charge in [0.2, 0.25) is 5.88 Å². The van der Waals surface area contributed by atoms with Crippen molar-refractivity contribution in [1.82, 2.24) is 9.78 Å². The molecular weight excluding hydrogens is 245 g/mol. The van der Waals surface area contributed by atoms with Crippen molar-refractivity contribution < 1.29 is 17.9 Å². The number of rotatable bonds is 3. The highest BCUT2D eigenvalue weighted by Gasteiger charge is 2.31. The predicted molar refractivity (Wildman–Crippen MR) is 61.6 cm³/mol. The van der Waals surface area contributed by atoms with E-state index >= 15 is 0 Å². The van der Waals surface area contributed by atoms with Crippen molar-refractivity contribution in [2.45, 2.75) is 26.1 Å². The van der Waals surface area contributed by atoms with E-state index in [1.807, 2.05) is 6.92 Å². The first-order valence-corrected chi connectivity index (χ1v) is 5.59. The van der Waals surface area contributed by atoms with Gasteiger partial charge in [0.25, 0.3) is 0 Å². The molecule has 0 amide bonds. The quantitative estimate of drug-likeness (QED) is 0.842. The summed E-state index contributed by atoms with van der Waals surface area (Å²) in [5, 5.41) is 4.74. The molecular formula is C12H13F3N2O. The zero-order valence-electron chi connectivity index (χ0n) is 10.1. The molecule has 0 fully saturated rings. The van der Waals surface area contributed by atoms with E-state index in [0.29, 0.717) is 23.3 Å². The second-order valence-electron chi connectivity index (χ2n) is 3.96. The molecule has 0 N–H and O–H groups in total. The molecule has 0 bridgehead atoms. The minimum atomic E-state index is -4.35. The SMILES string of the molecule is CCCn1nc2cc(C(F)(F)F)ccc2c1OC. The molecule has 0 atom stereocenters. The highest BCUT2D eigenvalue weighted by atomic mass is 19.4. The van der Waals surface area contributed by atoms with Crippen LogP contribution in [-0.2, 0) is 12.7 Å². The standard InChI is InChI=1S/C12H13F3N2O/c1-3-6-17-11(18-2)9-5-4-8(12(13,14)15)7-10(9)16-17/h4-5,7H,3,6H2,1-2H3. The Morgan fingerprint density at radius 2 is 2.06 bits per heavy atom. The largest absolute Gasteiger partial charge is 0.481 e. The fraction of sp³-hybridized carbons (Fsp3) is 0.417. The van der Waals surface area contributed by atoms with Crippen LogP contribution in [0.2, 0.25) is 0 Å². The highest BCUT2D eigenvalue weighted by molar-refractivity contribution is 5.85. The monoisotopic (exact) mass is 258 g/mol. The third kappa shape index (κ3) is 2.14. The lowest BCUT2D eigenvalue weighted by molar-refractivity contribution is -0.137. The second-order valence-corrected chi connectivity index (χ2v) is 3.96. The van der Waals surface area contributed by atoms with Crippen LogP contribution >= 0.6 is 0 Å². The Morgan fingerprint density at radius 3 is 2.61 bits per heavy atom. The molecule has 0 aliphatic heterocycles. The summed E-state index contributed by atoms with van der Waals surface area (Å²) in [5.41, 5.74) is -0.395. The molecule has 0 unspecified atom stereocenters. The fourth-order valence-electron chi connectivity index (χ4n) is 1.86. The maximum absolute atomic E-state index is 12.6. The summed E-state index contributed by atoms with van der Waals surface area (Å²) in [5.74, 6) is 0.501. The lowest BCUT2D eigenvalue weighted by Crippen LogP contribution is -2.04. The number of nitrogens with zero attached hydrogens (tertiary/aromatic N) is 2. The Hall–Kier alpha value is -1.72. The third-order valence-corrected chi connectivity index (χ3v) is 2.65. The Labute approximate surface area is 102 Å². The molecule has 0 aliphatic carbocycles. The van der Waals surface area contributed by atoms with Gasteiger partial charge in [-0.05, 0) is 24.6 Å². The van der Waals surface area contributed by atoms with Crippen molar-refractivity contribution in [3.8, 4) is 5.88 Å². The summed E-state index contributed by atoms with van der Waals surface area (Å²) in [6, 6.07) is 3.49. The lowest BCUT2D eigenvalue weighted by Gasteiger charge is -2.05. The number of methoxy groups -OCH3 is 1. The number of fused-ring (bicyclic) bond motifs is 1. The van der Waals surface area contributed by atoms with Crippen LogP contribution in [0.4, 0.5) is 13.2 Å². The van der Waals surface area contributed by atoms with E-state index in [-0.39, 0.29) is 0 Å². The smallest absolute Gasteiger partial charge is 0.416 e.